The average molecular weight is 203 g/mol. The molecule has 2 aromatic heterocycles. The zero-order valence-corrected chi connectivity index (χ0v) is 8.75. The molecule has 1 atom stereocenters. The standard InChI is InChI=1S/C11H13N3O/c1-8-3-5-12-10(7-8)11(15)9-4-6-14(2)13-9/h3-7,11,15H,1-2H3. The van der Waals surface area contributed by atoms with Gasteiger partial charge in [-0.05, 0) is 30.7 Å². The maximum atomic E-state index is 9.99. The molecule has 0 saturated heterocycles. The summed E-state index contributed by atoms with van der Waals surface area (Å²) in [7, 11) is 1.82. The van der Waals surface area contributed by atoms with E-state index in [0.29, 0.717) is 11.4 Å². The van der Waals surface area contributed by atoms with Crippen LogP contribution in [0.1, 0.15) is 23.1 Å². The molecule has 78 valence electrons. The van der Waals surface area contributed by atoms with Gasteiger partial charge in [-0.25, -0.2) is 0 Å². The Kier molecular flexibility index (Phi) is 2.51. The van der Waals surface area contributed by atoms with Gasteiger partial charge in [-0.3, -0.25) is 9.67 Å². The number of aliphatic hydroxyl groups excluding tert-OH is 1. The van der Waals surface area contributed by atoms with Crippen LogP contribution in [0, 0.1) is 6.92 Å². The van der Waals surface area contributed by atoms with E-state index < -0.39 is 6.10 Å². The van der Waals surface area contributed by atoms with Gasteiger partial charge in [0, 0.05) is 19.4 Å². The van der Waals surface area contributed by atoms with Crippen molar-refractivity contribution in [2.75, 3.05) is 0 Å². The highest BCUT2D eigenvalue weighted by atomic mass is 16.3. The molecule has 2 heterocycles. The Morgan fingerprint density at radius 1 is 1.33 bits per heavy atom. The molecule has 0 aliphatic rings. The highest BCUT2D eigenvalue weighted by Crippen LogP contribution is 2.18. The first-order valence-electron chi connectivity index (χ1n) is 4.77. The molecule has 0 amide bonds. The molecule has 0 saturated carbocycles. The van der Waals surface area contributed by atoms with Crippen LogP contribution < -0.4 is 0 Å². The number of pyridine rings is 1. The first-order chi connectivity index (χ1) is 7.16. The fraction of sp³-hybridized carbons (Fsp3) is 0.273. The molecule has 0 radical (unpaired) electrons. The lowest BCUT2D eigenvalue weighted by molar-refractivity contribution is 0.209. The van der Waals surface area contributed by atoms with Crippen LogP contribution in [0.2, 0.25) is 0 Å². The lowest BCUT2D eigenvalue weighted by Gasteiger charge is -2.07. The summed E-state index contributed by atoms with van der Waals surface area (Å²) in [5.74, 6) is 0. The third kappa shape index (κ3) is 2.05. The van der Waals surface area contributed by atoms with Gasteiger partial charge in [0.15, 0.2) is 0 Å². The van der Waals surface area contributed by atoms with Gasteiger partial charge >= 0.3 is 0 Å². The second-order valence-electron chi connectivity index (χ2n) is 3.57. The van der Waals surface area contributed by atoms with Crippen molar-refractivity contribution in [3.63, 3.8) is 0 Å². The van der Waals surface area contributed by atoms with E-state index in [4.69, 9.17) is 0 Å². The monoisotopic (exact) mass is 203 g/mol. The van der Waals surface area contributed by atoms with Crippen molar-refractivity contribution in [1.82, 2.24) is 14.8 Å². The number of rotatable bonds is 2. The van der Waals surface area contributed by atoms with Gasteiger partial charge < -0.3 is 5.11 Å². The smallest absolute Gasteiger partial charge is 0.140 e. The van der Waals surface area contributed by atoms with Crippen LogP contribution in [0.15, 0.2) is 30.6 Å². The third-order valence-corrected chi connectivity index (χ3v) is 2.23. The SMILES string of the molecule is Cc1ccnc(C(O)c2ccn(C)n2)c1. The molecule has 1 unspecified atom stereocenters. The molecule has 0 bridgehead atoms. The van der Waals surface area contributed by atoms with Crippen molar-refractivity contribution >= 4 is 0 Å². The van der Waals surface area contributed by atoms with Gasteiger partial charge in [0.25, 0.3) is 0 Å². The Hall–Kier alpha value is -1.68. The molecule has 1 N–H and O–H groups in total. The Morgan fingerprint density at radius 3 is 2.73 bits per heavy atom. The second-order valence-corrected chi connectivity index (χ2v) is 3.57. The zero-order chi connectivity index (χ0) is 10.8. The van der Waals surface area contributed by atoms with E-state index in [0.717, 1.165) is 5.56 Å². The molecule has 0 aliphatic heterocycles. The van der Waals surface area contributed by atoms with Gasteiger partial charge in [0.2, 0.25) is 0 Å². The Bertz CT molecular complexity index is 464. The quantitative estimate of drug-likeness (QED) is 0.798. The largest absolute Gasteiger partial charge is 0.380 e. The van der Waals surface area contributed by atoms with E-state index in [1.807, 2.05) is 26.1 Å². The van der Waals surface area contributed by atoms with E-state index in [-0.39, 0.29) is 0 Å². The van der Waals surface area contributed by atoms with Gasteiger partial charge in [-0.15, -0.1) is 0 Å². The molecule has 0 aliphatic carbocycles. The summed E-state index contributed by atoms with van der Waals surface area (Å²) in [6.45, 7) is 1.97. The number of hydrogen-bond donors (Lipinski definition) is 1. The first-order valence-corrected chi connectivity index (χ1v) is 4.77. The van der Waals surface area contributed by atoms with E-state index in [1.165, 1.54) is 0 Å². The van der Waals surface area contributed by atoms with E-state index in [9.17, 15) is 5.11 Å². The minimum absolute atomic E-state index is 0.621. The first kappa shape index (κ1) is 9.86. The number of aryl methyl sites for hydroxylation is 2. The van der Waals surface area contributed by atoms with E-state index in [2.05, 4.69) is 10.1 Å². The van der Waals surface area contributed by atoms with Crippen LogP contribution in [-0.4, -0.2) is 19.9 Å². The second kappa shape index (κ2) is 3.82. The molecular formula is C11H13N3O. The number of aromatic nitrogens is 3. The predicted molar refractivity (Wildman–Crippen MR) is 56.2 cm³/mol. The Morgan fingerprint density at radius 2 is 2.13 bits per heavy atom. The number of nitrogens with zero attached hydrogens (tertiary/aromatic N) is 3. The molecule has 15 heavy (non-hydrogen) atoms. The summed E-state index contributed by atoms with van der Waals surface area (Å²) in [6, 6.07) is 5.54. The average Bonchev–Trinajstić information content (AvgIpc) is 2.64. The fourth-order valence-corrected chi connectivity index (χ4v) is 1.44. The molecule has 0 spiro atoms. The van der Waals surface area contributed by atoms with Crippen LogP contribution >= 0.6 is 0 Å². The van der Waals surface area contributed by atoms with Crippen molar-refractivity contribution in [3.8, 4) is 0 Å². The molecule has 2 rings (SSSR count). The summed E-state index contributed by atoms with van der Waals surface area (Å²) in [6.07, 6.45) is 2.75. The molecule has 0 aromatic carbocycles. The predicted octanol–water partition coefficient (Wildman–Crippen LogP) is 1.21. The minimum Gasteiger partial charge on any atom is -0.380 e. The van der Waals surface area contributed by atoms with E-state index >= 15 is 0 Å². The lowest BCUT2D eigenvalue weighted by atomic mass is 10.1. The van der Waals surface area contributed by atoms with Crippen LogP contribution in [-0.2, 0) is 7.05 Å². The molecule has 4 nitrogen and oxygen atoms in total. The molecule has 4 heteroatoms. The van der Waals surface area contributed by atoms with Crippen molar-refractivity contribution in [2.24, 2.45) is 7.05 Å². The van der Waals surface area contributed by atoms with Crippen LogP contribution in [0.4, 0.5) is 0 Å². The maximum Gasteiger partial charge on any atom is 0.140 e. The van der Waals surface area contributed by atoms with Crippen LogP contribution in [0.25, 0.3) is 0 Å². The summed E-state index contributed by atoms with van der Waals surface area (Å²) >= 11 is 0. The fourth-order valence-electron chi connectivity index (χ4n) is 1.44. The van der Waals surface area contributed by atoms with Crippen LogP contribution in [0.3, 0.4) is 0 Å². The summed E-state index contributed by atoms with van der Waals surface area (Å²) in [4.78, 5) is 4.13. The van der Waals surface area contributed by atoms with Crippen molar-refractivity contribution in [3.05, 3.63) is 47.5 Å². The normalized spacial score (nSPS) is 12.7. The van der Waals surface area contributed by atoms with Crippen LogP contribution in [0.5, 0.6) is 0 Å². The van der Waals surface area contributed by atoms with E-state index in [1.54, 1.807) is 23.1 Å². The highest BCUT2D eigenvalue weighted by molar-refractivity contribution is 5.22. The summed E-state index contributed by atoms with van der Waals surface area (Å²) in [5.41, 5.74) is 2.33. The molecule has 0 fully saturated rings. The van der Waals surface area contributed by atoms with Gasteiger partial charge in [-0.1, -0.05) is 0 Å². The Balaban J connectivity index is 2.32. The van der Waals surface area contributed by atoms with Crippen molar-refractivity contribution in [2.45, 2.75) is 13.0 Å². The summed E-state index contributed by atoms with van der Waals surface area (Å²) in [5, 5.41) is 14.1. The minimum atomic E-state index is -0.744. The third-order valence-electron chi connectivity index (χ3n) is 2.23. The maximum absolute atomic E-state index is 9.99. The topological polar surface area (TPSA) is 50.9 Å². The zero-order valence-electron chi connectivity index (χ0n) is 8.75. The van der Waals surface area contributed by atoms with Gasteiger partial charge in [0.05, 0.1) is 11.4 Å². The van der Waals surface area contributed by atoms with Gasteiger partial charge in [-0.2, -0.15) is 5.10 Å². The van der Waals surface area contributed by atoms with Crippen molar-refractivity contribution < 1.29 is 5.11 Å². The number of aliphatic hydroxyl groups is 1. The Labute approximate surface area is 88.2 Å². The molecule has 2 aromatic rings. The highest BCUT2D eigenvalue weighted by Gasteiger charge is 2.14. The summed E-state index contributed by atoms with van der Waals surface area (Å²) < 4.78 is 1.66. The lowest BCUT2D eigenvalue weighted by Crippen LogP contribution is -2.04. The molecular weight excluding hydrogens is 190 g/mol. The van der Waals surface area contributed by atoms with Gasteiger partial charge in [0.1, 0.15) is 6.10 Å². The van der Waals surface area contributed by atoms with Crippen molar-refractivity contribution in [1.29, 1.82) is 0 Å². The number of hydrogen-bond acceptors (Lipinski definition) is 3.